The minimum absolute atomic E-state index is 0.238. The zero-order valence-corrected chi connectivity index (χ0v) is 12.0. The molecule has 2 heteroatoms. The molecule has 0 bridgehead atoms. The second kappa shape index (κ2) is 7.44. The number of rotatable bonds is 8. The Balaban J connectivity index is 2.51. The van der Waals surface area contributed by atoms with E-state index < -0.39 is 6.10 Å². The Kier molecular flexibility index (Phi) is 6.23. The highest BCUT2D eigenvalue weighted by atomic mass is 19.1. The molecule has 1 unspecified atom stereocenters. The van der Waals surface area contributed by atoms with E-state index in [-0.39, 0.29) is 11.2 Å². The number of benzene rings is 1. The van der Waals surface area contributed by atoms with E-state index in [1.54, 1.807) is 12.1 Å². The quantitative estimate of drug-likeness (QED) is 0.537. The molecule has 0 saturated carbocycles. The van der Waals surface area contributed by atoms with Crippen LogP contribution in [-0.4, -0.2) is 11.2 Å². The van der Waals surface area contributed by atoms with Gasteiger partial charge < -0.3 is 5.11 Å². The lowest BCUT2D eigenvalue weighted by Crippen LogP contribution is -2.33. The van der Waals surface area contributed by atoms with Crippen LogP contribution in [0.5, 0.6) is 0 Å². The van der Waals surface area contributed by atoms with E-state index in [0.717, 1.165) is 37.7 Å². The number of halogens is 1. The highest BCUT2D eigenvalue weighted by Crippen LogP contribution is 2.30. The smallest absolute Gasteiger partial charge is 0.123 e. The second-order valence-corrected chi connectivity index (χ2v) is 5.67. The van der Waals surface area contributed by atoms with Crippen molar-refractivity contribution in [3.63, 3.8) is 0 Å². The van der Waals surface area contributed by atoms with Crippen LogP contribution < -0.4 is 0 Å². The van der Waals surface area contributed by atoms with Gasteiger partial charge in [0.1, 0.15) is 5.82 Å². The first-order chi connectivity index (χ1) is 8.98. The number of hydrogen-bond acceptors (Lipinski definition) is 1. The van der Waals surface area contributed by atoms with Gasteiger partial charge >= 0.3 is 0 Å². The van der Waals surface area contributed by atoms with Gasteiger partial charge in [0.2, 0.25) is 0 Å². The first-order valence-corrected chi connectivity index (χ1v) is 7.03. The summed E-state index contributed by atoms with van der Waals surface area (Å²) in [6.45, 7) is 7.72. The molecule has 0 fully saturated rings. The van der Waals surface area contributed by atoms with Gasteiger partial charge in [0.05, 0.1) is 6.10 Å². The van der Waals surface area contributed by atoms with Crippen LogP contribution in [0.2, 0.25) is 0 Å². The molecule has 0 aliphatic carbocycles. The molecule has 0 amide bonds. The van der Waals surface area contributed by atoms with Crippen LogP contribution in [0.1, 0.15) is 51.5 Å². The van der Waals surface area contributed by atoms with Crippen molar-refractivity contribution in [2.75, 3.05) is 0 Å². The van der Waals surface area contributed by atoms with E-state index in [2.05, 4.69) is 6.58 Å². The maximum atomic E-state index is 12.9. The summed E-state index contributed by atoms with van der Waals surface area (Å²) in [5, 5.41) is 10.3. The molecule has 1 N–H and O–H groups in total. The van der Waals surface area contributed by atoms with E-state index in [4.69, 9.17) is 0 Å². The molecule has 1 aromatic rings. The Morgan fingerprint density at radius 3 is 2.42 bits per heavy atom. The molecule has 0 heterocycles. The molecule has 0 aliphatic rings. The third kappa shape index (κ3) is 4.79. The summed E-state index contributed by atoms with van der Waals surface area (Å²) < 4.78 is 12.9. The standard InChI is InChI=1S/C17H25FO/c1-4-5-6-7-8-9-16(19)17(2,3)14-10-12-15(18)13-11-14/h4,10-13,16,19H,1,5-9H2,2-3H3. The third-order valence-electron chi connectivity index (χ3n) is 3.81. The van der Waals surface area contributed by atoms with Gasteiger partial charge in [-0.05, 0) is 37.0 Å². The zero-order chi connectivity index (χ0) is 14.3. The summed E-state index contributed by atoms with van der Waals surface area (Å²) in [6.07, 6.45) is 6.61. The molecule has 0 aliphatic heterocycles. The average molecular weight is 264 g/mol. The van der Waals surface area contributed by atoms with Gasteiger partial charge in [0.15, 0.2) is 0 Å². The van der Waals surface area contributed by atoms with Gasteiger partial charge in [-0.2, -0.15) is 0 Å². The van der Waals surface area contributed by atoms with Crippen molar-refractivity contribution in [3.05, 3.63) is 48.3 Å². The van der Waals surface area contributed by atoms with Crippen molar-refractivity contribution < 1.29 is 9.50 Å². The van der Waals surface area contributed by atoms with E-state index in [1.807, 2.05) is 19.9 Å². The van der Waals surface area contributed by atoms with Gasteiger partial charge in [0.25, 0.3) is 0 Å². The molecule has 1 rings (SSSR count). The summed E-state index contributed by atoms with van der Waals surface area (Å²) in [6, 6.07) is 6.42. The summed E-state index contributed by atoms with van der Waals surface area (Å²) in [5.41, 5.74) is 0.638. The first-order valence-electron chi connectivity index (χ1n) is 7.03. The molecule has 0 radical (unpaired) electrons. The molecule has 0 saturated heterocycles. The predicted molar refractivity (Wildman–Crippen MR) is 78.7 cm³/mol. The lowest BCUT2D eigenvalue weighted by molar-refractivity contribution is 0.0884. The summed E-state index contributed by atoms with van der Waals surface area (Å²) in [4.78, 5) is 0. The highest BCUT2D eigenvalue weighted by Gasteiger charge is 2.29. The SMILES string of the molecule is C=CCCCCCC(O)C(C)(C)c1ccc(F)cc1. The number of aliphatic hydroxyl groups is 1. The summed E-state index contributed by atoms with van der Waals surface area (Å²) >= 11 is 0. The van der Waals surface area contributed by atoms with Crippen molar-refractivity contribution in [3.8, 4) is 0 Å². The van der Waals surface area contributed by atoms with Crippen molar-refractivity contribution in [1.29, 1.82) is 0 Å². The van der Waals surface area contributed by atoms with Crippen molar-refractivity contribution in [1.82, 2.24) is 0 Å². The summed E-state index contributed by atoms with van der Waals surface area (Å²) in [5.74, 6) is -0.238. The Hall–Kier alpha value is -1.15. The predicted octanol–water partition coefficient (Wildman–Crippen LogP) is 4.60. The molecule has 1 nitrogen and oxygen atoms in total. The Bertz CT molecular complexity index is 381. The van der Waals surface area contributed by atoms with Crippen LogP contribution in [0, 0.1) is 5.82 Å². The minimum Gasteiger partial charge on any atom is -0.392 e. The molecule has 0 aromatic heterocycles. The van der Waals surface area contributed by atoms with Gasteiger partial charge in [0, 0.05) is 5.41 Å². The van der Waals surface area contributed by atoms with Crippen LogP contribution in [0.25, 0.3) is 0 Å². The lowest BCUT2D eigenvalue weighted by Gasteiger charge is -2.31. The topological polar surface area (TPSA) is 20.2 Å². The molecule has 1 aromatic carbocycles. The highest BCUT2D eigenvalue weighted by molar-refractivity contribution is 5.25. The third-order valence-corrected chi connectivity index (χ3v) is 3.81. The van der Waals surface area contributed by atoms with Crippen LogP contribution in [-0.2, 0) is 5.41 Å². The van der Waals surface area contributed by atoms with Crippen LogP contribution in [0.15, 0.2) is 36.9 Å². The zero-order valence-electron chi connectivity index (χ0n) is 12.0. The largest absolute Gasteiger partial charge is 0.392 e. The summed E-state index contributed by atoms with van der Waals surface area (Å²) in [7, 11) is 0. The lowest BCUT2D eigenvalue weighted by atomic mass is 9.77. The first kappa shape index (κ1) is 15.9. The minimum atomic E-state index is -0.401. The molecule has 1 atom stereocenters. The van der Waals surface area contributed by atoms with Crippen molar-refractivity contribution >= 4 is 0 Å². The second-order valence-electron chi connectivity index (χ2n) is 5.67. The molecule has 19 heavy (non-hydrogen) atoms. The van der Waals surface area contributed by atoms with E-state index in [1.165, 1.54) is 12.1 Å². The maximum absolute atomic E-state index is 12.9. The van der Waals surface area contributed by atoms with E-state index in [0.29, 0.717) is 0 Å². The Labute approximate surface area is 116 Å². The van der Waals surface area contributed by atoms with Crippen LogP contribution in [0.4, 0.5) is 4.39 Å². The monoisotopic (exact) mass is 264 g/mol. The van der Waals surface area contributed by atoms with Gasteiger partial charge in [-0.1, -0.05) is 44.9 Å². The fraction of sp³-hybridized carbons (Fsp3) is 0.529. The molecule has 106 valence electrons. The number of hydrogen-bond donors (Lipinski definition) is 1. The maximum Gasteiger partial charge on any atom is 0.123 e. The van der Waals surface area contributed by atoms with Crippen molar-refractivity contribution in [2.24, 2.45) is 0 Å². The average Bonchev–Trinajstić information content (AvgIpc) is 2.38. The molecule has 0 spiro atoms. The van der Waals surface area contributed by atoms with Gasteiger partial charge in [-0.15, -0.1) is 6.58 Å². The molecular weight excluding hydrogens is 239 g/mol. The van der Waals surface area contributed by atoms with Crippen molar-refractivity contribution in [2.45, 2.75) is 57.5 Å². The fourth-order valence-electron chi connectivity index (χ4n) is 2.24. The van der Waals surface area contributed by atoms with E-state index in [9.17, 15) is 9.50 Å². The number of aliphatic hydroxyl groups excluding tert-OH is 1. The van der Waals surface area contributed by atoms with Crippen LogP contribution >= 0.6 is 0 Å². The number of unbranched alkanes of at least 4 members (excludes halogenated alkanes) is 3. The molecular formula is C17H25FO. The van der Waals surface area contributed by atoms with Crippen LogP contribution in [0.3, 0.4) is 0 Å². The Morgan fingerprint density at radius 1 is 1.21 bits per heavy atom. The van der Waals surface area contributed by atoms with E-state index >= 15 is 0 Å². The normalized spacial score (nSPS) is 13.3. The Morgan fingerprint density at radius 2 is 1.84 bits per heavy atom. The fourth-order valence-corrected chi connectivity index (χ4v) is 2.24. The van der Waals surface area contributed by atoms with Gasteiger partial charge in [-0.3, -0.25) is 0 Å². The van der Waals surface area contributed by atoms with Gasteiger partial charge in [-0.25, -0.2) is 4.39 Å². The number of allylic oxidation sites excluding steroid dienone is 1.